The van der Waals surface area contributed by atoms with Crippen LogP contribution < -0.4 is 10.9 Å². The van der Waals surface area contributed by atoms with E-state index in [-0.39, 0.29) is 23.3 Å². The lowest BCUT2D eigenvalue weighted by molar-refractivity contribution is -0.119. The largest absolute Gasteiger partial charge is 0.353 e. The van der Waals surface area contributed by atoms with Crippen molar-refractivity contribution in [3.05, 3.63) is 51.6 Å². The third kappa shape index (κ3) is 4.80. The highest BCUT2D eigenvalue weighted by molar-refractivity contribution is 7.99. The van der Waals surface area contributed by atoms with E-state index in [4.69, 9.17) is 0 Å². The van der Waals surface area contributed by atoms with Crippen LogP contribution in [0.1, 0.15) is 32.5 Å². The predicted octanol–water partition coefficient (Wildman–Crippen LogP) is 4.33. The van der Waals surface area contributed by atoms with Gasteiger partial charge in [-0.2, -0.15) is 0 Å². The molecule has 2 N–H and O–H groups in total. The molecule has 0 aliphatic rings. The highest BCUT2D eigenvalue weighted by atomic mass is 32.2. The van der Waals surface area contributed by atoms with Crippen molar-refractivity contribution in [2.45, 2.75) is 38.5 Å². The number of H-pyrrole nitrogens is 1. The Morgan fingerprint density at radius 1 is 1.29 bits per heavy atom. The average molecular weight is 420 g/mol. The molecule has 0 radical (unpaired) electrons. The molecule has 8 heteroatoms. The van der Waals surface area contributed by atoms with Gasteiger partial charge in [0.25, 0.3) is 5.56 Å². The Kier molecular flexibility index (Phi) is 6.85. The van der Waals surface area contributed by atoms with E-state index in [2.05, 4.69) is 15.3 Å². The lowest BCUT2D eigenvalue weighted by Gasteiger charge is -2.14. The number of thioether (sulfide) groups is 1. The zero-order valence-corrected chi connectivity index (χ0v) is 17.4. The Balaban J connectivity index is 1.70. The summed E-state index contributed by atoms with van der Waals surface area (Å²) in [5.41, 5.74) is 1.31. The van der Waals surface area contributed by atoms with Crippen LogP contribution in [0.3, 0.4) is 0 Å². The summed E-state index contributed by atoms with van der Waals surface area (Å²) in [6.07, 6.45) is 1.82. The van der Waals surface area contributed by atoms with Crippen molar-refractivity contribution in [2.24, 2.45) is 0 Å². The number of amides is 1. The molecule has 0 bridgehead atoms. The van der Waals surface area contributed by atoms with Gasteiger partial charge in [-0.05, 0) is 30.5 Å². The first-order valence-corrected chi connectivity index (χ1v) is 11.2. The molecule has 3 rings (SSSR count). The number of nitrogens with one attached hydrogen (secondary N) is 2. The smallest absolute Gasteiger partial charge is 0.260 e. The second-order valence-electron chi connectivity index (χ2n) is 6.42. The van der Waals surface area contributed by atoms with Crippen LogP contribution in [0.2, 0.25) is 0 Å². The summed E-state index contributed by atoms with van der Waals surface area (Å²) < 4.78 is 13.2. The first-order valence-electron chi connectivity index (χ1n) is 9.15. The third-order valence-electron chi connectivity index (χ3n) is 4.47. The Morgan fingerprint density at radius 3 is 2.68 bits per heavy atom. The van der Waals surface area contributed by atoms with Crippen molar-refractivity contribution in [2.75, 3.05) is 5.75 Å². The van der Waals surface area contributed by atoms with Crippen molar-refractivity contribution in [1.29, 1.82) is 0 Å². The zero-order valence-electron chi connectivity index (χ0n) is 15.8. The summed E-state index contributed by atoms with van der Waals surface area (Å²) >= 11 is 2.80. The lowest BCUT2D eigenvalue weighted by atomic mass is 10.1. The normalized spacial score (nSPS) is 11.3. The minimum atomic E-state index is -0.317. The van der Waals surface area contributed by atoms with E-state index >= 15 is 0 Å². The van der Waals surface area contributed by atoms with Gasteiger partial charge < -0.3 is 10.3 Å². The quantitative estimate of drug-likeness (QED) is 0.570. The van der Waals surface area contributed by atoms with Crippen LogP contribution >= 0.6 is 23.1 Å². The first-order chi connectivity index (χ1) is 13.5. The lowest BCUT2D eigenvalue weighted by Crippen LogP contribution is -2.35. The van der Waals surface area contributed by atoms with Crippen molar-refractivity contribution in [1.82, 2.24) is 15.3 Å². The molecule has 0 aliphatic heterocycles. The molecule has 2 aromatic heterocycles. The van der Waals surface area contributed by atoms with E-state index in [0.29, 0.717) is 27.5 Å². The van der Waals surface area contributed by atoms with Crippen molar-refractivity contribution in [3.8, 4) is 11.1 Å². The molecule has 3 aromatic rings. The molecule has 148 valence electrons. The minimum Gasteiger partial charge on any atom is -0.353 e. The van der Waals surface area contributed by atoms with Crippen LogP contribution in [0.4, 0.5) is 4.39 Å². The molecule has 1 amide bonds. The number of hydrogen-bond acceptors (Lipinski definition) is 5. The number of thiophene rings is 1. The van der Waals surface area contributed by atoms with Gasteiger partial charge in [-0.25, -0.2) is 9.37 Å². The van der Waals surface area contributed by atoms with Gasteiger partial charge >= 0.3 is 0 Å². The molecule has 0 saturated heterocycles. The van der Waals surface area contributed by atoms with Crippen LogP contribution in [0.15, 0.2) is 34.4 Å². The first kappa shape index (κ1) is 20.5. The van der Waals surface area contributed by atoms with Gasteiger partial charge in [0.2, 0.25) is 5.91 Å². The number of hydrogen-bond donors (Lipinski definition) is 2. The van der Waals surface area contributed by atoms with Crippen LogP contribution in [0.5, 0.6) is 0 Å². The van der Waals surface area contributed by atoms with Crippen LogP contribution in [0, 0.1) is 5.82 Å². The summed E-state index contributed by atoms with van der Waals surface area (Å²) in [6, 6.07) is 6.26. The topological polar surface area (TPSA) is 74.8 Å². The average Bonchev–Trinajstić information content (AvgIpc) is 3.11. The Hall–Kier alpha value is -2.19. The maximum Gasteiger partial charge on any atom is 0.260 e. The van der Waals surface area contributed by atoms with Gasteiger partial charge in [0.05, 0.1) is 16.9 Å². The van der Waals surface area contributed by atoms with Crippen LogP contribution in [0.25, 0.3) is 21.3 Å². The number of rotatable bonds is 8. The molecule has 2 heterocycles. The van der Waals surface area contributed by atoms with Gasteiger partial charge in [-0.1, -0.05) is 26.0 Å². The number of halogens is 1. The number of carbonyl (C=O) groups is 1. The van der Waals surface area contributed by atoms with E-state index in [1.165, 1.54) is 35.2 Å². The molecule has 0 fully saturated rings. The highest BCUT2D eigenvalue weighted by Crippen LogP contribution is 2.31. The van der Waals surface area contributed by atoms with Gasteiger partial charge in [0.1, 0.15) is 16.5 Å². The molecule has 28 heavy (non-hydrogen) atoms. The van der Waals surface area contributed by atoms with Crippen molar-refractivity contribution < 1.29 is 9.18 Å². The fourth-order valence-corrected chi connectivity index (χ4v) is 4.57. The van der Waals surface area contributed by atoms with E-state index in [0.717, 1.165) is 24.0 Å². The predicted molar refractivity (Wildman–Crippen MR) is 114 cm³/mol. The standard InChI is InChI=1S/C20H22FN3O2S2/c1-3-14(4-2)22-17(25)11-27-10-16-23-19(26)18-15(9-28-20(18)24-16)12-5-7-13(21)8-6-12/h5-9,14H,3-4,10-11H2,1-2H3,(H,22,25)(H,23,24,26). The monoisotopic (exact) mass is 419 g/mol. The molecule has 0 spiro atoms. The van der Waals surface area contributed by atoms with Crippen LogP contribution in [-0.2, 0) is 10.5 Å². The second kappa shape index (κ2) is 9.34. The molecule has 0 saturated carbocycles. The van der Waals surface area contributed by atoms with E-state index in [1.807, 2.05) is 19.2 Å². The van der Waals surface area contributed by atoms with Gasteiger partial charge in [0, 0.05) is 17.0 Å². The van der Waals surface area contributed by atoms with Crippen molar-refractivity contribution in [3.63, 3.8) is 0 Å². The summed E-state index contributed by atoms with van der Waals surface area (Å²) in [7, 11) is 0. The maximum absolute atomic E-state index is 13.2. The number of benzene rings is 1. The molecule has 5 nitrogen and oxygen atoms in total. The highest BCUT2D eigenvalue weighted by Gasteiger charge is 2.14. The van der Waals surface area contributed by atoms with E-state index in [9.17, 15) is 14.0 Å². The van der Waals surface area contributed by atoms with Crippen molar-refractivity contribution >= 4 is 39.2 Å². The summed E-state index contributed by atoms with van der Waals surface area (Å²) in [5, 5.41) is 5.36. The van der Waals surface area contributed by atoms with Gasteiger partial charge in [-0.3, -0.25) is 9.59 Å². The molecular weight excluding hydrogens is 397 g/mol. The number of nitrogens with zero attached hydrogens (tertiary/aromatic N) is 1. The molecule has 0 aliphatic carbocycles. The molecule has 0 unspecified atom stereocenters. The summed E-state index contributed by atoms with van der Waals surface area (Å²) in [5.74, 6) is 1.000. The fourth-order valence-electron chi connectivity index (χ4n) is 2.91. The maximum atomic E-state index is 13.2. The Labute approximate surface area is 170 Å². The van der Waals surface area contributed by atoms with Gasteiger partial charge in [0.15, 0.2) is 0 Å². The minimum absolute atomic E-state index is 0.00292. The van der Waals surface area contributed by atoms with E-state index < -0.39 is 0 Å². The Morgan fingerprint density at radius 2 is 2.00 bits per heavy atom. The molecular formula is C20H22FN3O2S2. The number of aromatic nitrogens is 2. The van der Waals surface area contributed by atoms with Gasteiger partial charge in [-0.15, -0.1) is 23.1 Å². The molecule has 0 atom stereocenters. The number of aromatic amines is 1. The fraction of sp³-hybridized carbons (Fsp3) is 0.350. The zero-order chi connectivity index (χ0) is 20.1. The summed E-state index contributed by atoms with van der Waals surface area (Å²) in [4.78, 5) is 32.5. The second-order valence-corrected chi connectivity index (χ2v) is 8.27. The number of fused-ring (bicyclic) bond motifs is 1. The third-order valence-corrected chi connectivity index (χ3v) is 6.29. The Bertz CT molecular complexity index is 1010. The molecule has 1 aromatic carbocycles. The number of carbonyl (C=O) groups excluding carboxylic acids is 1. The van der Waals surface area contributed by atoms with E-state index in [1.54, 1.807) is 12.1 Å². The summed E-state index contributed by atoms with van der Waals surface area (Å²) in [6.45, 7) is 4.10. The SMILES string of the molecule is CCC(CC)NC(=O)CSCc1nc2scc(-c3ccc(F)cc3)c2c(=O)[nH]1. The van der Waals surface area contributed by atoms with Crippen LogP contribution in [-0.4, -0.2) is 27.7 Å².